The Hall–Kier alpha value is -1.11. The number of hydrogen-bond acceptors (Lipinski definition) is 4. The number of hydrogen-bond donors (Lipinski definition) is 2. The van der Waals surface area contributed by atoms with E-state index < -0.39 is 0 Å². The number of guanidine groups is 1. The molecule has 0 aromatic carbocycles. The first-order valence-corrected chi connectivity index (χ1v) is 13.2. The summed E-state index contributed by atoms with van der Waals surface area (Å²) in [5, 5.41) is 11.5. The Morgan fingerprint density at radius 1 is 1.13 bits per heavy atom. The van der Waals surface area contributed by atoms with E-state index in [4.69, 9.17) is 9.73 Å². The van der Waals surface area contributed by atoms with Gasteiger partial charge in [0.1, 0.15) is 0 Å². The molecule has 1 aromatic heterocycles. The molecule has 0 amide bonds. The molecule has 0 spiro atoms. The van der Waals surface area contributed by atoms with E-state index in [0.717, 1.165) is 51.7 Å². The number of thiophene rings is 1. The van der Waals surface area contributed by atoms with Crippen LogP contribution in [0.15, 0.2) is 21.8 Å². The maximum Gasteiger partial charge on any atom is 0.191 e. The molecule has 1 aromatic rings. The van der Waals surface area contributed by atoms with Crippen molar-refractivity contribution in [3.8, 4) is 0 Å². The van der Waals surface area contributed by atoms with Crippen molar-refractivity contribution < 1.29 is 4.74 Å². The summed E-state index contributed by atoms with van der Waals surface area (Å²) < 4.78 is 6.03. The monoisotopic (exact) mass is 434 g/mol. The summed E-state index contributed by atoms with van der Waals surface area (Å²) in [5.41, 5.74) is 1.45. The zero-order chi connectivity index (χ0) is 20.9. The lowest BCUT2D eigenvalue weighted by atomic mass is 9.98. The molecule has 1 saturated carbocycles. The van der Waals surface area contributed by atoms with Gasteiger partial charge in [0.05, 0.1) is 6.10 Å². The van der Waals surface area contributed by atoms with Crippen LogP contribution in [-0.2, 0) is 11.3 Å². The number of rotatable bonds is 11. The van der Waals surface area contributed by atoms with E-state index in [1.54, 1.807) is 11.3 Å². The van der Waals surface area contributed by atoms with Gasteiger partial charge in [-0.2, -0.15) is 11.3 Å². The van der Waals surface area contributed by atoms with Crippen LogP contribution in [0.3, 0.4) is 0 Å². The molecule has 2 heterocycles. The Morgan fingerprint density at radius 2 is 1.97 bits per heavy atom. The fraction of sp³-hybridized carbons (Fsp3) is 0.792. The van der Waals surface area contributed by atoms with Crippen molar-refractivity contribution in [1.29, 1.82) is 0 Å². The van der Waals surface area contributed by atoms with Crippen molar-refractivity contribution in [2.24, 2.45) is 4.99 Å². The number of unbranched alkanes of at least 4 members (excludes halogenated alkanes) is 2. The molecule has 0 atom stereocenters. The molecule has 0 unspecified atom stereocenters. The molecule has 2 N–H and O–H groups in total. The number of ether oxygens (including phenoxy) is 1. The lowest BCUT2D eigenvalue weighted by Gasteiger charge is -2.33. The van der Waals surface area contributed by atoms with E-state index in [1.165, 1.54) is 63.4 Å². The fourth-order valence-electron chi connectivity index (χ4n) is 4.45. The van der Waals surface area contributed by atoms with Gasteiger partial charge in [0.25, 0.3) is 0 Å². The van der Waals surface area contributed by atoms with Gasteiger partial charge < -0.3 is 15.4 Å². The lowest BCUT2D eigenvalue weighted by molar-refractivity contribution is 0.0264. The predicted molar refractivity (Wildman–Crippen MR) is 128 cm³/mol. The number of nitrogens with one attached hydrogen (secondary N) is 2. The van der Waals surface area contributed by atoms with Crippen molar-refractivity contribution in [2.45, 2.75) is 89.8 Å². The smallest absolute Gasteiger partial charge is 0.191 e. The first-order valence-electron chi connectivity index (χ1n) is 12.2. The number of nitrogens with zero attached hydrogens (tertiary/aromatic N) is 2. The molecular weight excluding hydrogens is 392 g/mol. The van der Waals surface area contributed by atoms with E-state index in [-0.39, 0.29) is 0 Å². The van der Waals surface area contributed by atoms with Crippen molar-refractivity contribution in [1.82, 2.24) is 15.5 Å². The van der Waals surface area contributed by atoms with Crippen LogP contribution < -0.4 is 10.6 Å². The summed E-state index contributed by atoms with van der Waals surface area (Å²) in [7, 11) is 0. The van der Waals surface area contributed by atoms with E-state index in [1.807, 2.05) is 0 Å². The van der Waals surface area contributed by atoms with Crippen LogP contribution in [0.4, 0.5) is 0 Å². The van der Waals surface area contributed by atoms with Gasteiger partial charge in [0.15, 0.2) is 5.96 Å². The summed E-state index contributed by atoms with van der Waals surface area (Å²) in [6.07, 6.45) is 13.1. The van der Waals surface area contributed by atoms with E-state index >= 15 is 0 Å². The van der Waals surface area contributed by atoms with Crippen molar-refractivity contribution in [2.75, 3.05) is 32.8 Å². The second-order valence-corrected chi connectivity index (χ2v) is 9.56. The van der Waals surface area contributed by atoms with Gasteiger partial charge >= 0.3 is 0 Å². The highest BCUT2D eigenvalue weighted by Crippen LogP contribution is 2.20. The third-order valence-corrected chi connectivity index (χ3v) is 6.97. The van der Waals surface area contributed by atoms with Gasteiger partial charge in [-0.15, -0.1) is 0 Å². The minimum Gasteiger partial charge on any atom is -0.378 e. The van der Waals surface area contributed by atoms with Crippen LogP contribution in [0.25, 0.3) is 0 Å². The first-order chi connectivity index (χ1) is 14.8. The third kappa shape index (κ3) is 8.94. The molecule has 30 heavy (non-hydrogen) atoms. The Morgan fingerprint density at radius 3 is 2.70 bits per heavy atom. The molecule has 1 saturated heterocycles. The molecule has 0 radical (unpaired) electrons. The Bertz CT molecular complexity index is 578. The average molecular weight is 435 g/mol. The zero-order valence-corrected chi connectivity index (χ0v) is 19.7. The van der Waals surface area contributed by atoms with Gasteiger partial charge in [-0.25, -0.2) is 0 Å². The summed E-state index contributed by atoms with van der Waals surface area (Å²) >= 11 is 1.79. The maximum atomic E-state index is 6.03. The molecule has 5 nitrogen and oxygen atoms in total. The summed E-state index contributed by atoms with van der Waals surface area (Å²) in [5.74, 6) is 0.993. The minimum atomic E-state index is 0.533. The van der Waals surface area contributed by atoms with Crippen LogP contribution >= 0.6 is 11.3 Å². The maximum absolute atomic E-state index is 6.03. The van der Waals surface area contributed by atoms with Crippen molar-refractivity contribution >= 4 is 17.3 Å². The van der Waals surface area contributed by atoms with E-state index in [2.05, 4.69) is 39.3 Å². The third-order valence-electron chi connectivity index (χ3n) is 6.24. The van der Waals surface area contributed by atoms with E-state index in [9.17, 15) is 0 Å². The summed E-state index contributed by atoms with van der Waals surface area (Å²) in [6, 6.07) is 2.78. The molecule has 0 bridgehead atoms. The number of piperidine rings is 1. The second kappa shape index (κ2) is 14.0. The van der Waals surface area contributed by atoms with Gasteiger partial charge in [0, 0.05) is 45.4 Å². The van der Waals surface area contributed by atoms with Gasteiger partial charge in [0.2, 0.25) is 0 Å². The van der Waals surface area contributed by atoms with Crippen LogP contribution in [0.2, 0.25) is 0 Å². The van der Waals surface area contributed by atoms with Crippen LogP contribution in [-0.4, -0.2) is 55.8 Å². The normalized spacial score (nSPS) is 19.8. The minimum absolute atomic E-state index is 0.533. The van der Waals surface area contributed by atoms with Gasteiger partial charge in [-0.1, -0.05) is 19.3 Å². The lowest BCUT2D eigenvalue weighted by Crippen LogP contribution is -2.48. The van der Waals surface area contributed by atoms with Crippen LogP contribution in [0.5, 0.6) is 0 Å². The summed E-state index contributed by atoms with van der Waals surface area (Å²) in [4.78, 5) is 7.39. The molecule has 2 fully saturated rings. The predicted octanol–water partition coefficient (Wildman–Crippen LogP) is 4.79. The molecule has 170 valence electrons. The topological polar surface area (TPSA) is 48.9 Å². The van der Waals surface area contributed by atoms with Crippen molar-refractivity contribution in [3.05, 3.63) is 22.4 Å². The standard InChI is InChI=1S/C24H42N4OS/c1-2-25-24(26-14-7-4-8-17-29-23-9-5-3-6-10-23)27-22-11-15-28(16-12-22)19-21-13-18-30-20-21/h13,18,20,22-23H,2-12,14-17,19H2,1H3,(H2,25,26,27). The molecule has 1 aliphatic carbocycles. The SMILES string of the molecule is CCNC(=NCCCCCOC1CCCCC1)NC1CCN(Cc2ccsc2)CC1. The highest BCUT2D eigenvalue weighted by molar-refractivity contribution is 7.07. The Labute approximate surface area is 187 Å². The van der Waals surface area contributed by atoms with Crippen LogP contribution in [0, 0.1) is 0 Å². The van der Waals surface area contributed by atoms with Crippen LogP contribution in [0.1, 0.15) is 76.7 Å². The first kappa shape index (κ1) is 23.6. The van der Waals surface area contributed by atoms with E-state index in [0.29, 0.717) is 12.1 Å². The molecule has 1 aliphatic heterocycles. The summed E-state index contributed by atoms with van der Waals surface area (Å²) in [6.45, 7) is 8.30. The van der Waals surface area contributed by atoms with Crippen molar-refractivity contribution in [3.63, 3.8) is 0 Å². The Balaban J connectivity index is 1.26. The largest absolute Gasteiger partial charge is 0.378 e. The average Bonchev–Trinajstić information content (AvgIpc) is 3.28. The van der Waals surface area contributed by atoms with Gasteiger partial charge in [-0.3, -0.25) is 9.89 Å². The molecule has 6 heteroatoms. The zero-order valence-electron chi connectivity index (χ0n) is 18.9. The molecule has 2 aliphatic rings. The molecular formula is C24H42N4OS. The number of likely N-dealkylation sites (tertiary alicyclic amines) is 1. The highest BCUT2D eigenvalue weighted by Gasteiger charge is 2.20. The Kier molecular flexibility index (Phi) is 11.0. The fourth-order valence-corrected chi connectivity index (χ4v) is 5.11. The van der Waals surface area contributed by atoms with Gasteiger partial charge in [-0.05, 0) is 74.3 Å². The number of aliphatic imine (C=N–C) groups is 1. The quantitative estimate of drug-likeness (QED) is 0.299. The molecule has 3 rings (SSSR count). The highest BCUT2D eigenvalue weighted by atomic mass is 32.1. The second-order valence-electron chi connectivity index (χ2n) is 8.78.